The average molecular weight is 148 g/mol. The van der Waals surface area contributed by atoms with Gasteiger partial charge in [0, 0.05) is 13.0 Å². The van der Waals surface area contributed by atoms with Crippen molar-refractivity contribution in [1.29, 1.82) is 0 Å². The molecule has 1 unspecified atom stereocenters. The summed E-state index contributed by atoms with van der Waals surface area (Å²) in [5.41, 5.74) is 0. The van der Waals surface area contributed by atoms with Gasteiger partial charge >= 0.3 is 6.16 Å². The second kappa shape index (κ2) is 5.05. The van der Waals surface area contributed by atoms with Gasteiger partial charge in [0.05, 0.1) is 7.11 Å². The fraction of sp³-hybridized carbons (Fsp3) is 0.833. The van der Waals surface area contributed by atoms with E-state index in [-0.39, 0.29) is 12.7 Å². The van der Waals surface area contributed by atoms with Crippen LogP contribution in [0.1, 0.15) is 13.3 Å². The first-order valence-corrected chi connectivity index (χ1v) is 3.06. The molecule has 0 spiro atoms. The van der Waals surface area contributed by atoms with E-state index in [2.05, 4.69) is 9.47 Å². The summed E-state index contributed by atoms with van der Waals surface area (Å²) in [5.74, 6) is 0. The summed E-state index contributed by atoms with van der Waals surface area (Å²) in [6.45, 7) is 1.70. The Bertz CT molecular complexity index is 102. The van der Waals surface area contributed by atoms with Crippen molar-refractivity contribution in [3.63, 3.8) is 0 Å². The third-order valence-electron chi connectivity index (χ3n) is 1.000. The van der Waals surface area contributed by atoms with Gasteiger partial charge in [-0.25, -0.2) is 4.79 Å². The second-order valence-corrected chi connectivity index (χ2v) is 1.89. The maximum Gasteiger partial charge on any atom is 0.508 e. The lowest BCUT2D eigenvalue weighted by atomic mass is 10.3. The number of aliphatic hydroxyl groups is 1. The van der Waals surface area contributed by atoms with Crippen LogP contribution in [-0.2, 0) is 9.47 Å². The van der Waals surface area contributed by atoms with Crippen LogP contribution in [-0.4, -0.2) is 31.1 Å². The Labute approximate surface area is 59.7 Å². The van der Waals surface area contributed by atoms with Gasteiger partial charge in [-0.05, 0) is 6.92 Å². The van der Waals surface area contributed by atoms with Crippen LogP contribution in [0.3, 0.4) is 0 Å². The van der Waals surface area contributed by atoms with Gasteiger partial charge in [0.15, 0.2) is 0 Å². The van der Waals surface area contributed by atoms with Gasteiger partial charge in [0.1, 0.15) is 6.10 Å². The molecule has 0 aliphatic carbocycles. The Morgan fingerprint density at radius 3 is 2.70 bits per heavy atom. The van der Waals surface area contributed by atoms with Crippen LogP contribution in [0.5, 0.6) is 0 Å². The molecule has 0 saturated carbocycles. The molecule has 0 aromatic carbocycles. The van der Waals surface area contributed by atoms with Gasteiger partial charge in [0.2, 0.25) is 0 Å². The highest BCUT2D eigenvalue weighted by molar-refractivity contribution is 5.59. The van der Waals surface area contributed by atoms with Crippen LogP contribution >= 0.6 is 0 Å². The molecule has 0 aromatic heterocycles. The van der Waals surface area contributed by atoms with E-state index in [0.29, 0.717) is 6.42 Å². The molecule has 0 aliphatic rings. The molecule has 0 radical (unpaired) electrons. The minimum atomic E-state index is -0.707. The summed E-state index contributed by atoms with van der Waals surface area (Å²) in [6, 6.07) is 0. The van der Waals surface area contributed by atoms with Crippen molar-refractivity contribution in [2.75, 3.05) is 13.7 Å². The lowest BCUT2D eigenvalue weighted by Crippen LogP contribution is -2.15. The minimum absolute atomic E-state index is 0.0121. The van der Waals surface area contributed by atoms with Gasteiger partial charge in [-0.1, -0.05) is 0 Å². The predicted molar refractivity (Wildman–Crippen MR) is 34.7 cm³/mol. The quantitative estimate of drug-likeness (QED) is 0.593. The van der Waals surface area contributed by atoms with Crippen molar-refractivity contribution in [3.8, 4) is 0 Å². The first-order valence-electron chi connectivity index (χ1n) is 3.06. The topological polar surface area (TPSA) is 55.8 Å². The monoisotopic (exact) mass is 148 g/mol. The zero-order valence-corrected chi connectivity index (χ0v) is 6.16. The SMILES string of the molecule is COC(=O)OC(C)CCO. The Morgan fingerprint density at radius 2 is 2.30 bits per heavy atom. The molecular weight excluding hydrogens is 136 g/mol. The van der Waals surface area contributed by atoms with Gasteiger partial charge in [0.25, 0.3) is 0 Å². The van der Waals surface area contributed by atoms with E-state index in [9.17, 15) is 4.79 Å². The van der Waals surface area contributed by atoms with Crippen molar-refractivity contribution in [2.24, 2.45) is 0 Å². The molecule has 4 nitrogen and oxygen atoms in total. The Morgan fingerprint density at radius 1 is 1.70 bits per heavy atom. The maximum atomic E-state index is 10.4. The molecule has 1 atom stereocenters. The molecule has 0 amide bonds. The van der Waals surface area contributed by atoms with E-state index in [1.54, 1.807) is 6.92 Å². The predicted octanol–water partition coefficient (Wildman–Crippen LogP) is 0.540. The summed E-state index contributed by atoms with van der Waals surface area (Å²) in [6.07, 6.45) is -0.548. The van der Waals surface area contributed by atoms with E-state index >= 15 is 0 Å². The minimum Gasteiger partial charge on any atom is -0.438 e. The number of rotatable bonds is 3. The number of hydrogen-bond donors (Lipinski definition) is 1. The first-order chi connectivity index (χ1) is 4.70. The maximum absolute atomic E-state index is 10.4. The molecule has 0 heterocycles. The van der Waals surface area contributed by atoms with E-state index in [1.165, 1.54) is 7.11 Å². The molecule has 10 heavy (non-hydrogen) atoms. The van der Waals surface area contributed by atoms with Crippen LogP contribution < -0.4 is 0 Å². The largest absolute Gasteiger partial charge is 0.508 e. The smallest absolute Gasteiger partial charge is 0.438 e. The third-order valence-corrected chi connectivity index (χ3v) is 1.000. The molecule has 0 aromatic rings. The lowest BCUT2D eigenvalue weighted by molar-refractivity contribution is 0.0348. The summed E-state index contributed by atoms with van der Waals surface area (Å²) in [5, 5.41) is 8.39. The summed E-state index contributed by atoms with van der Waals surface area (Å²) in [7, 11) is 1.24. The molecule has 0 saturated heterocycles. The van der Waals surface area contributed by atoms with Crippen molar-refractivity contribution in [1.82, 2.24) is 0 Å². The molecule has 60 valence electrons. The third kappa shape index (κ3) is 4.14. The lowest BCUT2D eigenvalue weighted by Gasteiger charge is -2.09. The second-order valence-electron chi connectivity index (χ2n) is 1.89. The highest BCUT2D eigenvalue weighted by Crippen LogP contribution is 1.97. The number of carbonyl (C=O) groups is 1. The van der Waals surface area contributed by atoms with E-state index in [1.807, 2.05) is 0 Å². The number of carbonyl (C=O) groups excluding carboxylic acids is 1. The van der Waals surface area contributed by atoms with Gasteiger partial charge in [-0.3, -0.25) is 0 Å². The molecule has 0 rings (SSSR count). The molecule has 1 N–H and O–H groups in total. The van der Waals surface area contributed by atoms with E-state index < -0.39 is 6.16 Å². The Hall–Kier alpha value is -0.770. The molecular formula is C6H12O4. The van der Waals surface area contributed by atoms with Crippen LogP contribution in [0.4, 0.5) is 4.79 Å². The zero-order chi connectivity index (χ0) is 7.98. The summed E-state index contributed by atoms with van der Waals surface area (Å²) in [4.78, 5) is 10.4. The van der Waals surface area contributed by atoms with Crippen molar-refractivity contribution < 1.29 is 19.4 Å². The fourth-order valence-electron chi connectivity index (χ4n) is 0.453. The Kier molecular flexibility index (Phi) is 4.66. The van der Waals surface area contributed by atoms with Gasteiger partial charge < -0.3 is 14.6 Å². The molecule has 0 aliphatic heterocycles. The number of methoxy groups -OCH3 is 1. The zero-order valence-electron chi connectivity index (χ0n) is 6.16. The average Bonchev–Trinajstić information content (AvgIpc) is 1.88. The van der Waals surface area contributed by atoms with Crippen LogP contribution in [0, 0.1) is 0 Å². The summed E-state index contributed by atoms with van der Waals surface area (Å²) < 4.78 is 8.84. The van der Waals surface area contributed by atoms with E-state index in [0.717, 1.165) is 0 Å². The standard InChI is InChI=1S/C6H12O4/c1-5(3-4-7)10-6(8)9-2/h5,7H,3-4H2,1-2H3. The molecule has 0 fully saturated rings. The summed E-state index contributed by atoms with van der Waals surface area (Å²) >= 11 is 0. The van der Waals surface area contributed by atoms with Crippen molar-refractivity contribution in [2.45, 2.75) is 19.4 Å². The number of aliphatic hydroxyl groups excluding tert-OH is 1. The van der Waals surface area contributed by atoms with Crippen LogP contribution in [0.25, 0.3) is 0 Å². The van der Waals surface area contributed by atoms with Gasteiger partial charge in [-0.2, -0.15) is 0 Å². The van der Waals surface area contributed by atoms with Crippen LogP contribution in [0.15, 0.2) is 0 Å². The van der Waals surface area contributed by atoms with Crippen molar-refractivity contribution >= 4 is 6.16 Å². The van der Waals surface area contributed by atoms with Crippen LogP contribution in [0.2, 0.25) is 0 Å². The normalized spacial score (nSPS) is 12.3. The number of ether oxygens (including phenoxy) is 2. The molecule has 0 bridgehead atoms. The highest BCUT2D eigenvalue weighted by Gasteiger charge is 2.07. The fourth-order valence-corrected chi connectivity index (χ4v) is 0.453. The first kappa shape index (κ1) is 9.23. The molecule has 4 heteroatoms. The van der Waals surface area contributed by atoms with Crippen molar-refractivity contribution in [3.05, 3.63) is 0 Å². The van der Waals surface area contributed by atoms with E-state index in [4.69, 9.17) is 5.11 Å². The Balaban J connectivity index is 3.37. The highest BCUT2D eigenvalue weighted by atomic mass is 16.7. The number of hydrogen-bond acceptors (Lipinski definition) is 4. The van der Waals surface area contributed by atoms with Gasteiger partial charge in [-0.15, -0.1) is 0 Å².